The number of aromatic nitrogens is 1. The number of rotatable bonds is 3. The fraction of sp³-hybridized carbons (Fsp3) is 0.158. The Morgan fingerprint density at radius 1 is 1.15 bits per heavy atom. The molecule has 1 heterocycles. The topological polar surface area (TPSA) is 42.0 Å². The lowest BCUT2D eigenvalue weighted by molar-refractivity contribution is -0.141. The third-order valence-corrected chi connectivity index (χ3v) is 5.25. The highest BCUT2D eigenvalue weighted by atomic mass is 35.5. The van der Waals surface area contributed by atoms with Crippen LogP contribution in [0.4, 0.5) is 18.9 Å². The average Bonchev–Trinajstić information content (AvgIpc) is 3.00. The van der Waals surface area contributed by atoms with Crippen LogP contribution < -0.4 is 5.32 Å². The first-order chi connectivity index (χ1) is 12.7. The standard InChI is InChI=1S/C19H14ClF3N2OS/c1-10-9-12(7-8-14(10)20)13-5-3-4-6-15(13)25-18(26)16-17(19(21,22)23)24-11(2)27-16/h3-9H,1-2H3,(H,25,26). The summed E-state index contributed by atoms with van der Waals surface area (Å²) in [5.41, 5.74) is 1.57. The summed E-state index contributed by atoms with van der Waals surface area (Å²) >= 11 is 6.77. The highest BCUT2D eigenvalue weighted by Crippen LogP contribution is 2.36. The van der Waals surface area contributed by atoms with Crippen LogP contribution in [0.1, 0.15) is 25.9 Å². The van der Waals surface area contributed by atoms with E-state index < -0.39 is 22.7 Å². The molecule has 3 rings (SSSR count). The lowest BCUT2D eigenvalue weighted by Crippen LogP contribution is -2.17. The van der Waals surface area contributed by atoms with Crippen molar-refractivity contribution in [2.45, 2.75) is 20.0 Å². The number of hydrogen-bond acceptors (Lipinski definition) is 3. The smallest absolute Gasteiger partial charge is 0.321 e. The van der Waals surface area contributed by atoms with Gasteiger partial charge in [-0.15, -0.1) is 11.3 Å². The summed E-state index contributed by atoms with van der Waals surface area (Å²) in [5, 5.41) is 3.37. The quantitative estimate of drug-likeness (QED) is 0.546. The van der Waals surface area contributed by atoms with Gasteiger partial charge in [0.05, 0.1) is 5.01 Å². The second kappa shape index (κ2) is 7.32. The zero-order valence-corrected chi connectivity index (χ0v) is 15.9. The van der Waals surface area contributed by atoms with Gasteiger partial charge in [-0.2, -0.15) is 13.2 Å². The monoisotopic (exact) mass is 410 g/mol. The van der Waals surface area contributed by atoms with Gasteiger partial charge in [-0.1, -0.05) is 35.9 Å². The lowest BCUT2D eigenvalue weighted by Gasteiger charge is -2.12. The van der Waals surface area contributed by atoms with Crippen LogP contribution in [0.3, 0.4) is 0 Å². The molecule has 0 aliphatic carbocycles. The highest BCUT2D eigenvalue weighted by molar-refractivity contribution is 7.13. The molecule has 0 aliphatic rings. The Bertz CT molecular complexity index is 1010. The summed E-state index contributed by atoms with van der Waals surface area (Å²) in [6.45, 7) is 3.28. The Morgan fingerprint density at radius 3 is 2.52 bits per heavy atom. The predicted octanol–water partition coefficient (Wildman–Crippen LogP) is 6.35. The van der Waals surface area contributed by atoms with Crippen LogP contribution in [-0.2, 0) is 6.18 Å². The van der Waals surface area contributed by atoms with E-state index in [4.69, 9.17) is 11.6 Å². The summed E-state index contributed by atoms with van der Waals surface area (Å²) in [4.78, 5) is 15.5. The minimum atomic E-state index is -4.69. The van der Waals surface area contributed by atoms with E-state index in [0.29, 0.717) is 27.6 Å². The van der Waals surface area contributed by atoms with Gasteiger partial charge in [-0.25, -0.2) is 4.98 Å². The van der Waals surface area contributed by atoms with Crippen LogP contribution in [0.15, 0.2) is 42.5 Å². The van der Waals surface area contributed by atoms with E-state index >= 15 is 0 Å². The van der Waals surface area contributed by atoms with Crippen LogP contribution in [0.25, 0.3) is 11.1 Å². The van der Waals surface area contributed by atoms with Gasteiger partial charge in [0.25, 0.3) is 5.91 Å². The van der Waals surface area contributed by atoms with Crippen molar-refractivity contribution in [3.63, 3.8) is 0 Å². The van der Waals surface area contributed by atoms with Gasteiger partial charge in [-0.3, -0.25) is 4.79 Å². The molecular weight excluding hydrogens is 397 g/mol. The van der Waals surface area contributed by atoms with Crippen molar-refractivity contribution >= 4 is 34.5 Å². The van der Waals surface area contributed by atoms with Crippen molar-refractivity contribution in [3.05, 3.63) is 68.6 Å². The van der Waals surface area contributed by atoms with Crippen LogP contribution >= 0.6 is 22.9 Å². The lowest BCUT2D eigenvalue weighted by atomic mass is 10.0. The Balaban J connectivity index is 1.98. The van der Waals surface area contributed by atoms with Gasteiger partial charge in [0.2, 0.25) is 0 Å². The molecule has 1 amide bonds. The second-order valence-electron chi connectivity index (χ2n) is 5.87. The molecule has 0 saturated carbocycles. The molecule has 1 N–H and O–H groups in total. The molecule has 0 bridgehead atoms. The molecule has 27 heavy (non-hydrogen) atoms. The Hall–Kier alpha value is -2.38. The number of carbonyl (C=O) groups is 1. The highest BCUT2D eigenvalue weighted by Gasteiger charge is 2.39. The fourth-order valence-corrected chi connectivity index (χ4v) is 3.56. The molecule has 8 heteroatoms. The summed E-state index contributed by atoms with van der Waals surface area (Å²) < 4.78 is 39.4. The normalized spacial score (nSPS) is 11.5. The van der Waals surface area contributed by atoms with Gasteiger partial charge in [-0.05, 0) is 43.2 Å². The van der Waals surface area contributed by atoms with Gasteiger partial charge in [0.15, 0.2) is 5.69 Å². The molecule has 3 nitrogen and oxygen atoms in total. The van der Waals surface area contributed by atoms with Crippen LogP contribution in [-0.4, -0.2) is 10.9 Å². The average molecular weight is 411 g/mol. The van der Waals surface area contributed by atoms with Gasteiger partial charge in [0, 0.05) is 16.3 Å². The summed E-state index contributed by atoms with van der Waals surface area (Å²) in [5.74, 6) is -0.842. The molecule has 0 fully saturated rings. The summed E-state index contributed by atoms with van der Waals surface area (Å²) in [6, 6.07) is 12.3. The molecule has 0 atom stereocenters. The number of amides is 1. The molecule has 0 radical (unpaired) electrons. The number of nitrogens with zero attached hydrogens (tertiary/aromatic N) is 1. The van der Waals surface area contributed by atoms with E-state index in [-0.39, 0.29) is 5.01 Å². The minimum absolute atomic E-state index is 0.175. The Kier molecular flexibility index (Phi) is 5.26. The first kappa shape index (κ1) is 19.4. The molecular formula is C19H14ClF3N2OS. The number of thiazole rings is 1. The van der Waals surface area contributed by atoms with Gasteiger partial charge < -0.3 is 5.32 Å². The van der Waals surface area contributed by atoms with Crippen LogP contribution in [0, 0.1) is 13.8 Å². The maximum Gasteiger partial charge on any atom is 0.435 e. The zero-order valence-electron chi connectivity index (χ0n) is 14.3. The second-order valence-corrected chi connectivity index (χ2v) is 7.48. The number of hydrogen-bond donors (Lipinski definition) is 1. The van der Waals surface area contributed by atoms with E-state index in [0.717, 1.165) is 11.1 Å². The van der Waals surface area contributed by atoms with Gasteiger partial charge >= 0.3 is 6.18 Å². The number of aryl methyl sites for hydroxylation is 2. The van der Waals surface area contributed by atoms with Gasteiger partial charge in [0.1, 0.15) is 4.88 Å². The third-order valence-electron chi connectivity index (χ3n) is 3.85. The maximum atomic E-state index is 13.1. The maximum absolute atomic E-state index is 13.1. The van der Waals surface area contributed by atoms with Crippen molar-refractivity contribution in [1.29, 1.82) is 0 Å². The van der Waals surface area contributed by atoms with E-state index in [9.17, 15) is 18.0 Å². The SMILES string of the molecule is Cc1nc(C(F)(F)F)c(C(=O)Nc2ccccc2-c2ccc(Cl)c(C)c2)s1. The first-order valence-corrected chi connectivity index (χ1v) is 9.08. The Labute approximate surface area is 162 Å². The number of halogens is 4. The number of carbonyl (C=O) groups excluding carboxylic acids is 1. The zero-order chi connectivity index (χ0) is 19.8. The number of nitrogens with one attached hydrogen (secondary N) is 1. The molecule has 3 aromatic rings. The van der Waals surface area contributed by atoms with Crippen molar-refractivity contribution in [2.24, 2.45) is 0 Å². The summed E-state index contributed by atoms with van der Waals surface area (Å²) in [6.07, 6.45) is -4.69. The number of anilines is 1. The molecule has 140 valence electrons. The predicted molar refractivity (Wildman–Crippen MR) is 101 cm³/mol. The molecule has 0 aliphatic heterocycles. The van der Waals surface area contributed by atoms with Crippen molar-refractivity contribution in [1.82, 2.24) is 4.98 Å². The van der Waals surface area contributed by atoms with E-state index in [1.807, 2.05) is 13.0 Å². The number of para-hydroxylation sites is 1. The molecule has 1 aromatic heterocycles. The van der Waals surface area contributed by atoms with Crippen LogP contribution in [0.5, 0.6) is 0 Å². The Morgan fingerprint density at radius 2 is 1.85 bits per heavy atom. The van der Waals surface area contributed by atoms with E-state index in [2.05, 4.69) is 10.3 Å². The minimum Gasteiger partial charge on any atom is -0.321 e. The fourth-order valence-electron chi connectivity index (χ4n) is 2.61. The van der Waals surface area contributed by atoms with Crippen molar-refractivity contribution in [3.8, 4) is 11.1 Å². The largest absolute Gasteiger partial charge is 0.435 e. The van der Waals surface area contributed by atoms with Crippen molar-refractivity contribution in [2.75, 3.05) is 5.32 Å². The molecule has 0 unspecified atom stereocenters. The van der Waals surface area contributed by atoms with E-state index in [1.165, 1.54) is 6.92 Å². The number of alkyl halides is 3. The van der Waals surface area contributed by atoms with Crippen molar-refractivity contribution < 1.29 is 18.0 Å². The summed E-state index contributed by atoms with van der Waals surface area (Å²) in [7, 11) is 0. The third kappa shape index (κ3) is 4.14. The van der Waals surface area contributed by atoms with E-state index in [1.54, 1.807) is 36.4 Å². The molecule has 0 saturated heterocycles. The molecule has 2 aromatic carbocycles. The van der Waals surface area contributed by atoms with Crippen LogP contribution in [0.2, 0.25) is 5.02 Å². The first-order valence-electron chi connectivity index (χ1n) is 7.88. The number of benzene rings is 2. The molecule has 0 spiro atoms.